The first-order valence-electron chi connectivity index (χ1n) is 8.96. The molecule has 0 bridgehead atoms. The van der Waals surface area contributed by atoms with E-state index >= 15 is 0 Å². The molecule has 0 atom stereocenters. The molecular weight excluding hydrogens is 354 g/mol. The van der Waals surface area contributed by atoms with E-state index in [1.165, 1.54) is 6.92 Å². The van der Waals surface area contributed by atoms with Gasteiger partial charge in [0, 0.05) is 12.5 Å². The van der Waals surface area contributed by atoms with E-state index < -0.39 is 0 Å². The van der Waals surface area contributed by atoms with Crippen LogP contribution in [-0.2, 0) is 9.59 Å². The van der Waals surface area contributed by atoms with E-state index in [-0.39, 0.29) is 18.4 Å². The number of nitrogens with zero attached hydrogens (tertiary/aromatic N) is 2. The summed E-state index contributed by atoms with van der Waals surface area (Å²) >= 11 is 0. The van der Waals surface area contributed by atoms with Crippen LogP contribution in [0.5, 0.6) is 5.75 Å². The molecule has 1 aliphatic heterocycles. The molecule has 0 spiro atoms. The molecule has 3 aromatic rings. The van der Waals surface area contributed by atoms with Gasteiger partial charge in [0.05, 0.1) is 17.9 Å². The van der Waals surface area contributed by atoms with Gasteiger partial charge in [-0.3, -0.25) is 9.59 Å². The quantitative estimate of drug-likeness (QED) is 0.715. The van der Waals surface area contributed by atoms with Gasteiger partial charge in [0.25, 0.3) is 5.91 Å². The van der Waals surface area contributed by atoms with Crippen molar-refractivity contribution >= 4 is 34.0 Å². The Morgan fingerprint density at radius 3 is 2.61 bits per heavy atom. The number of rotatable bonds is 4. The fraction of sp³-hybridized carbons (Fsp3) is 0.136. The molecule has 28 heavy (non-hydrogen) atoms. The van der Waals surface area contributed by atoms with Gasteiger partial charge in [-0.2, -0.15) is 5.10 Å². The Morgan fingerprint density at radius 1 is 1.04 bits per heavy atom. The standard InChI is InChI=1S/C22H19N3O3/c1-15(26)25-13-20(19-8-4-5-9-21(19)25)23-24-22(27)14-28-18-11-10-16-6-2-3-7-17(16)12-18/h2-12H,13-14H2,1H3,(H,24,27). The Morgan fingerprint density at radius 2 is 1.79 bits per heavy atom. The van der Waals surface area contributed by atoms with Crippen molar-refractivity contribution in [2.75, 3.05) is 18.1 Å². The number of hydrogen-bond donors (Lipinski definition) is 1. The first-order chi connectivity index (χ1) is 13.6. The summed E-state index contributed by atoms with van der Waals surface area (Å²) in [4.78, 5) is 25.6. The molecule has 1 aliphatic rings. The normalized spacial score (nSPS) is 14.2. The maximum Gasteiger partial charge on any atom is 0.277 e. The lowest BCUT2D eigenvalue weighted by Crippen LogP contribution is -2.30. The number of amides is 2. The van der Waals surface area contributed by atoms with Crippen molar-refractivity contribution in [2.24, 2.45) is 5.10 Å². The molecule has 1 N–H and O–H groups in total. The number of anilines is 1. The molecule has 6 heteroatoms. The topological polar surface area (TPSA) is 71.0 Å². The van der Waals surface area contributed by atoms with Crippen molar-refractivity contribution in [3.8, 4) is 5.75 Å². The number of carbonyl (C=O) groups excluding carboxylic acids is 2. The Bertz CT molecular complexity index is 1090. The highest BCUT2D eigenvalue weighted by molar-refractivity contribution is 6.17. The molecule has 3 aromatic carbocycles. The Labute approximate surface area is 162 Å². The summed E-state index contributed by atoms with van der Waals surface area (Å²) in [5, 5.41) is 6.36. The van der Waals surface area contributed by atoms with Gasteiger partial charge >= 0.3 is 0 Å². The lowest BCUT2D eigenvalue weighted by molar-refractivity contribution is -0.123. The summed E-state index contributed by atoms with van der Waals surface area (Å²) < 4.78 is 5.57. The van der Waals surface area contributed by atoms with Gasteiger partial charge < -0.3 is 9.64 Å². The minimum absolute atomic E-state index is 0.0661. The van der Waals surface area contributed by atoms with Gasteiger partial charge in [-0.1, -0.05) is 48.5 Å². The Hall–Kier alpha value is -3.67. The van der Waals surface area contributed by atoms with Crippen molar-refractivity contribution in [2.45, 2.75) is 6.92 Å². The third kappa shape index (κ3) is 3.57. The number of carbonyl (C=O) groups is 2. The zero-order valence-corrected chi connectivity index (χ0v) is 15.4. The minimum atomic E-state index is -0.362. The zero-order valence-electron chi connectivity index (χ0n) is 15.4. The van der Waals surface area contributed by atoms with Crippen molar-refractivity contribution in [1.82, 2.24) is 5.43 Å². The van der Waals surface area contributed by atoms with Crippen molar-refractivity contribution in [3.05, 3.63) is 72.3 Å². The molecule has 0 aliphatic carbocycles. The van der Waals surface area contributed by atoms with Crippen molar-refractivity contribution in [1.29, 1.82) is 0 Å². The fourth-order valence-electron chi connectivity index (χ4n) is 3.22. The molecule has 0 fully saturated rings. The molecule has 2 amide bonds. The first-order valence-corrected chi connectivity index (χ1v) is 8.96. The number of para-hydroxylation sites is 1. The highest BCUT2D eigenvalue weighted by Crippen LogP contribution is 2.27. The SMILES string of the molecule is CC(=O)N1CC(=NNC(=O)COc2ccc3ccccc3c2)c2ccccc21. The Balaban J connectivity index is 1.40. The summed E-state index contributed by atoms with van der Waals surface area (Å²) in [6.07, 6.45) is 0. The first kappa shape index (κ1) is 17.7. The van der Waals surface area contributed by atoms with Crippen molar-refractivity contribution < 1.29 is 14.3 Å². The number of hydrazone groups is 1. The van der Waals surface area contributed by atoms with E-state index in [0.717, 1.165) is 22.0 Å². The summed E-state index contributed by atoms with van der Waals surface area (Å²) in [6, 6.07) is 21.1. The summed E-state index contributed by atoms with van der Waals surface area (Å²) in [6.45, 7) is 1.70. The molecule has 4 rings (SSSR count). The molecule has 0 unspecified atom stereocenters. The number of ether oxygens (including phenoxy) is 1. The summed E-state index contributed by atoms with van der Waals surface area (Å²) in [7, 11) is 0. The van der Waals surface area contributed by atoms with Crippen LogP contribution < -0.4 is 15.1 Å². The van der Waals surface area contributed by atoms with Crippen LogP contribution in [0.1, 0.15) is 12.5 Å². The van der Waals surface area contributed by atoms with Gasteiger partial charge in [-0.05, 0) is 29.0 Å². The highest BCUT2D eigenvalue weighted by Gasteiger charge is 2.27. The molecule has 0 saturated carbocycles. The predicted octanol–water partition coefficient (Wildman–Crippen LogP) is 3.11. The van der Waals surface area contributed by atoms with Gasteiger partial charge in [0.15, 0.2) is 6.61 Å². The fourth-order valence-corrected chi connectivity index (χ4v) is 3.22. The van der Waals surface area contributed by atoms with Crippen LogP contribution >= 0.6 is 0 Å². The predicted molar refractivity (Wildman–Crippen MR) is 109 cm³/mol. The van der Waals surface area contributed by atoms with Crippen LogP contribution in [0.2, 0.25) is 0 Å². The largest absolute Gasteiger partial charge is 0.484 e. The lowest BCUT2D eigenvalue weighted by Gasteiger charge is -2.13. The number of benzene rings is 3. The van der Waals surface area contributed by atoms with E-state index in [2.05, 4.69) is 10.5 Å². The van der Waals surface area contributed by atoms with Crippen LogP contribution in [0.3, 0.4) is 0 Å². The summed E-state index contributed by atoms with van der Waals surface area (Å²) in [5.41, 5.74) is 4.80. The summed E-state index contributed by atoms with van der Waals surface area (Å²) in [5.74, 6) is 0.193. The maximum absolute atomic E-state index is 12.1. The smallest absolute Gasteiger partial charge is 0.277 e. The van der Waals surface area contributed by atoms with Gasteiger partial charge in [0.2, 0.25) is 5.91 Å². The average molecular weight is 373 g/mol. The third-order valence-electron chi connectivity index (χ3n) is 4.60. The van der Waals surface area contributed by atoms with Crippen LogP contribution in [0.4, 0.5) is 5.69 Å². The van der Waals surface area contributed by atoms with Crippen LogP contribution in [0, 0.1) is 0 Å². The maximum atomic E-state index is 12.1. The zero-order chi connectivity index (χ0) is 19.5. The van der Waals surface area contributed by atoms with E-state index in [9.17, 15) is 9.59 Å². The van der Waals surface area contributed by atoms with Crippen LogP contribution in [0.25, 0.3) is 10.8 Å². The molecule has 1 heterocycles. The molecule has 0 aromatic heterocycles. The van der Waals surface area contributed by atoms with Gasteiger partial charge in [-0.25, -0.2) is 5.43 Å². The van der Waals surface area contributed by atoms with Gasteiger partial charge in [0.1, 0.15) is 5.75 Å². The van der Waals surface area contributed by atoms with Crippen LogP contribution in [-0.4, -0.2) is 30.7 Å². The minimum Gasteiger partial charge on any atom is -0.484 e. The molecule has 140 valence electrons. The lowest BCUT2D eigenvalue weighted by atomic mass is 10.1. The number of fused-ring (bicyclic) bond motifs is 2. The molecule has 6 nitrogen and oxygen atoms in total. The van der Waals surface area contributed by atoms with E-state index in [0.29, 0.717) is 18.0 Å². The monoisotopic (exact) mass is 373 g/mol. The molecule has 0 saturated heterocycles. The van der Waals surface area contributed by atoms with E-state index in [4.69, 9.17) is 4.74 Å². The second-order valence-corrected chi connectivity index (χ2v) is 6.51. The highest BCUT2D eigenvalue weighted by atomic mass is 16.5. The van der Waals surface area contributed by atoms with Gasteiger partial charge in [-0.15, -0.1) is 0 Å². The van der Waals surface area contributed by atoms with E-state index in [1.54, 1.807) is 4.90 Å². The third-order valence-corrected chi connectivity index (χ3v) is 4.60. The number of nitrogens with one attached hydrogen (secondary N) is 1. The second kappa shape index (κ2) is 7.52. The Kier molecular flexibility index (Phi) is 4.76. The van der Waals surface area contributed by atoms with E-state index in [1.807, 2.05) is 66.7 Å². The molecule has 0 radical (unpaired) electrons. The van der Waals surface area contributed by atoms with Crippen molar-refractivity contribution in [3.63, 3.8) is 0 Å². The number of hydrogen-bond acceptors (Lipinski definition) is 4. The van der Waals surface area contributed by atoms with Crippen LogP contribution in [0.15, 0.2) is 71.8 Å². The molecular formula is C22H19N3O3. The second-order valence-electron chi connectivity index (χ2n) is 6.51. The average Bonchev–Trinajstić information content (AvgIpc) is 3.10.